The van der Waals surface area contributed by atoms with Crippen molar-refractivity contribution in [2.75, 3.05) is 19.5 Å². The van der Waals surface area contributed by atoms with Gasteiger partial charge in [0.05, 0.1) is 14.2 Å². The summed E-state index contributed by atoms with van der Waals surface area (Å²) in [5.41, 5.74) is 2.34. The van der Waals surface area contributed by atoms with Gasteiger partial charge in [-0.2, -0.15) is 0 Å². The Balaban J connectivity index is 1.71. The summed E-state index contributed by atoms with van der Waals surface area (Å²) in [6, 6.07) is 20.6. The Morgan fingerprint density at radius 2 is 1.60 bits per heavy atom. The molecule has 0 bridgehead atoms. The number of ether oxygens (including phenoxy) is 2. The summed E-state index contributed by atoms with van der Waals surface area (Å²) < 4.78 is 30.1. The van der Waals surface area contributed by atoms with E-state index in [0.29, 0.717) is 23.3 Å². The third-order valence-electron chi connectivity index (χ3n) is 4.61. The van der Waals surface area contributed by atoms with Gasteiger partial charge in [0.2, 0.25) is 11.8 Å². The van der Waals surface area contributed by atoms with Crippen LogP contribution in [0.25, 0.3) is 11.5 Å². The van der Waals surface area contributed by atoms with Gasteiger partial charge in [-0.3, -0.25) is 0 Å². The van der Waals surface area contributed by atoms with Crippen molar-refractivity contribution < 1.29 is 18.3 Å². The monoisotopic (exact) mass is 405 g/mol. The predicted molar refractivity (Wildman–Crippen MR) is 111 cm³/mol. The minimum atomic E-state index is -0.492. The summed E-state index contributed by atoms with van der Waals surface area (Å²) in [4.78, 5) is 0. The molecular formula is C23H20FN3O3. The van der Waals surface area contributed by atoms with Gasteiger partial charge in [0.15, 0.2) is 11.5 Å². The fourth-order valence-corrected chi connectivity index (χ4v) is 3.08. The molecule has 0 spiro atoms. The smallest absolute Gasteiger partial charge is 0.247 e. The zero-order chi connectivity index (χ0) is 20.9. The van der Waals surface area contributed by atoms with Crippen LogP contribution in [-0.2, 0) is 0 Å². The fraction of sp³-hybridized carbons (Fsp3) is 0.130. The van der Waals surface area contributed by atoms with Crippen molar-refractivity contribution >= 4 is 5.69 Å². The summed E-state index contributed by atoms with van der Waals surface area (Å²) in [5.74, 6) is 1.64. The summed E-state index contributed by atoms with van der Waals surface area (Å²) in [6.45, 7) is 0. The molecule has 4 aromatic rings. The van der Waals surface area contributed by atoms with Gasteiger partial charge in [-0.25, -0.2) is 4.39 Å². The first-order valence-electron chi connectivity index (χ1n) is 9.31. The molecule has 1 unspecified atom stereocenters. The summed E-state index contributed by atoms with van der Waals surface area (Å²) in [6.07, 6.45) is 0. The van der Waals surface area contributed by atoms with Crippen LogP contribution in [0.15, 0.2) is 77.2 Å². The van der Waals surface area contributed by atoms with Gasteiger partial charge in [-0.05, 0) is 42.0 Å². The maximum Gasteiger partial charge on any atom is 0.247 e. The number of rotatable bonds is 7. The molecule has 1 aromatic heterocycles. The first-order valence-corrected chi connectivity index (χ1v) is 9.31. The van der Waals surface area contributed by atoms with Crippen LogP contribution in [-0.4, -0.2) is 24.4 Å². The molecule has 30 heavy (non-hydrogen) atoms. The quantitative estimate of drug-likeness (QED) is 0.462. The Morgan fingerprint density at radius 3 is 2.30 bits per heavy atom. The summed E-state index contributed by atoms with van der Waals surface area (Å²) in [5, 5.41) is 11.8. The molecule has 0 fully saturated rings. The van der Waals surface area contributed by atoms with Crippen molar-refractivity contribution in [1.82, 2.24) is 10.2 Å². The van der Waals surface area contributed by atoms with E-state index in [0.717, 1.165) is 16.8 Å². The van der Waals surface area contributed by atoms with E-state index in [4.69, 9.17) is 13.9 Å². The fourth-order valence-electron chi connectivity index (χ4n) is 3.08. The molecule has 0 aliphatic heterocycles. The number of methoxy groups -OCH3 is 2. The van der Waals surface area contributed by atoms with E-state index < -0.39 is 6.04 Å². The first kappa shape index (κ1) is 19.4. The van der Waals surface area contributed by atoms with Crippen molar-refractivity contribution in [3.05, 3.63) is 90.1 Å². The van der Waals surface area contributed by atoms with Crippen LogP contribution in [0.4, 0.5) is 10.1 Å². The lowest BCUT2D eigenvalue weighted by atomic mass is 10.1. The number of aromatic nitrogens is 2. The van der Waals surface area contributed by atoms with Crippen LogP contribution < -0.4 is 14.8 Å². The number of hydrogen-bond donors (Lipinski definition) is 1. The molecule has 0 aliphatic carbocycles. The Labute approximate surface area is 173 Å². The Hall–Kier alpha value is -3.87. The first-order chi connectivity index (χ1) is 14.7. The topological polar surface area (TPSA) is 69.4 Å². The maximum absolute atomic E-state index is 13.5. The summed E-state index contributed by atoms with van der Waals surface area (Å²) in [7, 11) is 3.15. The average molecular weight is 405 g/mol. The lowest BCUT2D eigenvalue weighted by Crippen LogP contribution is -2.13. The highest BCUT2D eigenvalue weighted by atomic mass is 19.1. The Kier molecular flexibility index (Phi) is 5.61. The van der Waals surface area contributed by atoms with Gasteiger partial charge in [0.1, 0.15) is 11.9 Å². The third kappa shape index (κ3) is 4.10. The van der Waals surface area contributed by atoms with E-state index in [1.54, 1.807) is 32.4 Å². The van der Waals surface area contributed by atoms with Crippen molar-refractivity contribution in [3.63, 3.8) is 0 Å². The van der Waals surface area contributed by atoms with Crippen LogP contribution >= 0.6 is 0 Å². The standard InChI is InChI=1S/C23H20FN3O3/c1-28-19-13-12-18(14-20(19)29-2)25-21(15-8-10-17(24)11-9-15)23-27-26-22(30-23)16-6-4-3-5-7-16/h3-14,21,25H,1-2H3. The minimum Gasteiger partial charge on any atom is -0.493 e. The van der Waals surface area contributed by atoms with Crippen molar-refractivity contribution in [2.45, 2.75) is 6.04 Å². The molecular weight excluding hydrogens is 385 g/mol. The lowest BCUT2D eigenvalue weighted by molar-refractivity contribution is 0.355. The van der Waals surface area contributed by atoms with Gasteiger partial charge in [-0.15, -0.1) is 10.2 Å². The largest absolute Gasteiger partial charge is 0.493 e. The molecule has 1 heterocycles. The molecule has 4 rings (SSSR count). The molecule has 1 N–H and O–H groups in total. The van der Waals surface area contributed by atoms with E-state index in [1.807, 2.05) is 42.5 Å². The number of nitrogens with zero attached hydrogens (tertiary/aromatic N) is 2. The van der Waals surface area contributed by atoms with E-state index in [-0.39, 0.29) is 5.82 Å². The van der Waals surface area contributed by atoms with Crippen LogP contribution in [0.3, 0.4) is 0 Å². The second kappa shape index (κ2) is 8.65. The van der Waals surface area contributed by atoms with Crippen molar-refractivity contribution in [2.24, 2.45) is 0 Å². The zero-order valence-corrected chi connectivity index (χ0v) is 16.5. The molecule has 1 atom stereocenters. The molecule has 3 aromatic carbocycles. The van der Waals surface area contributed by atoms with Gasteiger partial charge < -0.3 is 19.2 Å². The number of anilines is 1. The Bertz CT molecular complexity index is 1110. The van der Waals surface area contributed by atoms with E-state index in [1.165, 1.54) is 12.1 Å². The average Bonchev–Trinajstić information content (AvgIpc) is 3.28. The molecule has 152 valence electrons. The predicted octanol–water partition coefficient (Wildman–Crippen LogP) is 5.09. The SMILES string of the molecule is COc1ccc(NC(c2ccc(F)cc2)c2nnc(-c3ccccc3)o2)cc1OC. The lowest BCUT2D eigenvalue weighted by Gasteiger charge is -2.18. The highest BCUT2D eigenvalue weighted by molar-refractivity contribution is 5.57. The molecule has 6 nitrogen and oxygen atoms in total. The molecule has 0 saturated heterocycles. The van der Waals surface area contributed by atoms with Crippen molar-refractivity contribution in [3.8, 4) is 23.0 Å². The molecule has 7 heteroatoms. The molecule has 0 amide bonds. The second-order valence-electron chi connectivity index (χ2n) is 6.51. The maximum atomic E-state index is 13.5. The van der Waals surface area contributed by atoms with Gasteiger partial charge in [0, 0.05) is 17.3 Å². The second-order valence-corrected chi connectivity index (χ2v) is 6.51. The highest BCUT2D eigenvalue weighted by Gasteiger charge is 2.22. The van der Waals surface area contributed by atoms with E-state index in [9.17, 15) is 4.39 Å². The van der Waals surface area contributed by atoms with Crippen molar-refractivity contribution in [1.29, 1.82) is 0 Å². The number of benzene rings is 3. The molecule has 0 aliphatic rings. The number of halogens is 1. The third-order valence-corrected chi connectivity index (χ3v) is 4.61. The number of hydrogen-bond acceptors (Lipinski definition) is 6. The Morgan fingerprint density at radius 1 is 0.867 bits per heavy atom. The van der Waals surface area contributed by atoms with Gasteiger partial charge in [-0.1, -0.05) is 30.3 Å². The highest BCUT2D eigenvalue weighted by Crippen LogP contribution is 2.33. The van der Waals surface area contributed by atoms with E-state index in [2.05, 4.69) is 15.5 Å². The summed E-state index contributed by atoms with van der Waals surface area (Å²) >= 11 is 0. The zero-order valence-electron chi connectivity index (χ0n) is 16.5. The van der Waals surface area contributed by atoms with E-state index >= 15 is 0 Å². The van der Waals surface area contributed by atoms with Gasteiger partial charge >= 0.3 is 0 Å². The molecule has 0 radical (unpaired) electrons. The van der Waals surface area contributed by atoms with Crippen LogP contribution in [0.2, 0.25) is 0 Å². The minimum absolute atomic E-state index is 0.320. The van der Waals surface area contributed by atoms with Crippen LogP contribution in [0, 0.1) is 5.82 Å². The number of nitrogens with one attached hydrogen (secondary N) is 1. The normalized spacial score (nSPS) is 11.7. The van der Waals surface area contributed by atoms with Crippen LogP contribution in [0.1, 0.15) is 17.5 Å². The van der Waals surface area contributed by atoms with Crippen LogP contribution in [0.5, 0.6) is 11.5 Å². The van der Waals surface area contributed by atoms with Gasteiger partial charge in [0.25, 0.3) is 0 Å². The molecule has 0 saturated carbocycles.